The fourth-order valence-electron chi connectivity index (χ4n) is 0.323. The van der Waals surface area contributed by atoms with Gasteiger partial charge in [0.15, 0.2) is 0 Å². The molecule has 10 heavy (non-hydrogen) atoms. The molecule has 0 amide bonds. The lowest BCUT2D eigenvalue weighted by atomic mass is 10.9. The van der Waals surface area contributed by atoms with Gasteiger partial charge in [-0.25, -0.2) is 8.37 Å². The average molecular weight is 172 g/mol. The van der Waals surface area contributed by atoms with E-state index in [1.807, 2.05) is 0 Å². The van der Waals surface area contributed by atoms with Gasteiger partial charge in [-0.1, -0.05) is 0 Å². The van der Waals surface area contributed by atoms with Gasteiger partial charge in [0.25, 0.3) is 0 Å². The Labute approximate surface area is 61.2 Å². The third-order valence-corrected chi connectivity index (χ3v) is 1.57. The van der Waals surface area contributed by atoms with Crippen LogP contribution in [0.3, 0.4) is 0 Å². The summed E-state index contributed by atoms with van der Waals surface area (Å²) < 4.78 is 29.2. The molecular formula is C4H14NO4S+. The summed E-state index contributed by atoms with van der Waals surface area (Å²) in [6.07, 6.45) is 0. The molecule has 0 aliphatic rings. The third-order valence-electron chi connectivity index (χ3n) is 0.524. The fraction of sp³-hybridized carbons (Fsp3) is 1.00. The SMILES string of the molecule is CCOS(=O)(=O)OCC.[NH4+]. The van der Waals surface area contributed by atoms with E-state index in [-0.39, 0.29) is 19.4 Å². The van der Waals surface area contributed by atoms with Crippen molar-refractivity contribution in [3.8, 4) is 0 Å². The van der Waals surface area contributed by atoms with E-state index in [9.17, 15) is 8.42 Å². The van der Waals surface area contributed by atoms with E-state index in [1.165, 1.54) is 0 Å². The number of rotatable bonds is 4. The maximum Gasteiger partial charge on any atom is 0.399 e. The molecule has 0 fully saturated rings. The Morgan fingerprint density at radius 1 is 1.10 bits per heavy atom. The van der Waals surface area contributed by atoms with Gasteiger partial charge in [-0.05, 0) is 13.8 Å². The molecule has 0 heterocycles. The summed E-state index contributed by atoms with van der Waals surface area (Å²) in [5.74, 6) is 0. The van der Waals surface area contributed by atoms with Crippen molar-refractivity contribution in [3.63, 3.8) is 0 Å². The van der Waals surface area contributed by atoms with E-state index in [4.69, 9.17) is 0 Å². The first kappa shape index (κ1) is 12.5. The van der Waals surface area contributed by atoms with Crippen molar-refractivity contribution in [2.24, 2.45) is 0 Å². The zero-order valence-corrected chi connectivity index (χ0v) is 7.27. The van der Waals surface area contributed by atoms with Crippen molar-refractivity contribution in [3.05, 3.63) is 0 Å². The van der Waals surface area contributed by atoms with Crippen molar-refractivity contribution in [1.82, 2.24) is 6.15 Å². The number of hydrogen-bond acceptors (Lipinski definition) is 4. The minimum absolute atomic E-state index is 0. The maximum atomic E-state index is 10.4. The highest BCUT2D eigenvalue weighted by Gasteiger charge is 2.06. The van der Waals surface area contributed by atoms with Crippen molar-refractivity contribution in [2.75, 3.05) is 13.2 Å². The van der Waals surface area contributed by atoms with Crippen LogP contribution in [0.15, 0.2) is 0 Å². The predicted octanol–water partition coefficient (Wildman–Crippen LogP) is 0.680. The van der Waals surface area contributed by atoms with Gasteiger partial charge >= 0.3 is 10.4 Å². The molecule has 5 nitrogen and oxygen atoms in total. The molecule has 4 N–H and O–H groups in total. The van der Waals surface area contributed by atoms with Crippen LogP contribution in [0.4, 0.5) is 0 Å². The lowest BCUT2D eigenvalue weighted by Gasteiger charge is -1.99. The average Bonchev–Trinajstić information content (AvgIpc) is 1.64. The monoisotopic (exact) mass is 172 g/mol. The molecule has 64 valence electrons. The number of quaternary nitrogens is 1. The zero-order valence-electron chi connectivity index (χ0n) is 6.46. The van der Waals surface area contributed by atoms with Crippen LogP contribution in [0.5, 0.6) is 0 Å². The van der Waals surface area contributed by atoms with Gasteiger partial charge in [-0.15, -0.1) is 0 Å². The van der Waals surface area contributed by atoms with Crippen LogP contribution in [0.25, 0.3) is 0 Å². The molecule has 0 rings (SSSR count). The van der Waals surface area contributed by atoms with Gasteiger partial charge in [0.05, 0.1) is 13.2 Å². The molecule has 0 unspecified atom stereocenters. The lowest BCUT2D eigenvalue weighted by Crippen LogP contribution is -2.09. The summed E-state index contributed by atoms with van der Waals surface area (Å²) in [6, 6.07) is 0. The molecule has 0 aliphatic carbocycles. The molecule has 0 aromatic heterocycles. The van der Waals surface area contributed by atoms with Crippen LogP contribution in [0.1, 0.15) is 13.8 Å². The first-order valence-electron chi connectivity index (χ1n) is 2.66. The first-order chi connectivity index (χ1) is 4.12. The van der Waals surface area contributed by atoms with Crippen molar-refractivity contribution < 1.29 is 16.8 Å². The number of hydrogen-bond donors (Lipinski definition) is 1. The Balaban J connectivity index is 0. The van der Waals surface area contributed by atoms with E-state index in [0.29, 0.717) is 0 Å². The Bertz CT molecular complexity index is 141. The molecular weight excluding hydrogens is 158 g/mol. The van der Waals surface area contributed by atoms with E-state index in [2.05, 4.69) is 8.37 Å². The molecule has 0 aromatic carbocycles. The quantitative estimate of drug-likeness (QED) is 0.675. The van der Waals surface area contributed by atoms with E-state index in [1.54, 1.807) is 13.8 Å². The smallest absolute Gasteiger partial charge is 0.369 e. The summed E-state index contributed by atoms with van der Waals surface area (Å²) in [5, 5.41) is 0. The summed E-state index contributed by atoms with van der Waals surface area (Å²) in [6.45, 7) is 3.39. The molecule has 0 saturated carbocycles. The van der Waals surface area contributed by atoms with E-state index < -0.39 is 10.4 Å². The Morgan fingerprint density at radius 3 is 1.60 bits per heavy atom. The molecule has 0 aromatic rings. The largest absolute Gasteiger partial charge is 0.399 e. The first-order valence-corrected chi connectivity index (χ1v) is 3.99. The van der Waals surface area contributed by atoms with Crippen molar-refractivity contribution >= 4 is 10.4 Å². The summed E-state index contributed by atoms with van der Waals surface area (Å²) in [7, 11) is -3.68. The molecule has 0 atom stereocenters. The highest BCUT2D eigenvalue weighted by atomic mass is 32.3. The highest BCUT2D eigenvalue weighted by Crippen LogP contribution is 1.93. The van der Waals surface area contributed by atoms with Crippen LogP contribution in [0, 0.1) is 0 Å². The van der Waals surface area contributed by atoms with Gasteiger partial charge in [-0.2, -0.15) is 8.42 Å². The molecule has 0 spiro atoms. The second-order valence-corrected chi connectivity index (χ2v) is 2.51. The summed E-state index contributed by atoms with van der Waals surface area (Å²) >= 11 is 0. The van der Waals surface area contributed by atoms with Crippen LogP contribution in [0.2, 0.25) is 0 Å². The van der Waals surface area contributed by atoms with Crippen LogP contribution in [-0.2, 0) is 18.8 Å². The van der Waals surface area contributed by atoms with Crippen molar-refractivity contribution in [1.29, 1.82) is 0 Å². The van der Waals surface area contributed by atoms with Gasteiger partial charge in [0.1, 0.15) is 0 Å². The minimum Gasteiger partial charge on any atom is -0.369 e. The second kappa shape index (κ2) is 5.60. The summed E-state index contributed by atoms with van der Waals surface area (Å²) in [4.78, 5) is 0. The van der Waals surface area contributed by atoms with E-state index >= 15 is 0 Å². The molecule has 6 heteroatoms. The maximum absolute atomic E-state index is 10.4. The molecule has 0 bridgehead atoms. The topological polar surface area (TPSA) is 89.1 Å². The molecule has 0 aliphatic heterocycles. The Hall–Kier alpha value is -0.170. The third kappa shape index (κ3) is 5.96. The Morgan fingerprint density at radius 2 is 1.40 bits per heavy atom. The molecule has 0 radical (unpaired) electrons. The zero-order chi connectivity index (χ0) is 7.33. The van der Waals surface area contributed by atoms with Crippen LogP contribution < -0.4 is 6.15 Å². The van der Waals surface area contributed by atoms with Crippen molar-refractivity contribution in [2.45, 2.75) is 13.8 Å². The summed E-state index contributed by atoms with van der Waals surface area (Å²) in [5.41, 5.74) is 0. The lowest BCUT2D eigenvalue weighted by molar-refractivity contribution is 0.231. The predicted molar refractivity (Wildman–Crippen MR) is 38.2 cm³/mol. The fourth-order valence-corrected chi connectivity index (χ4v) is 0.968. The van der Waals surface area contributed by atoms with Crippen LogP contribution in [-0.4, -0.2) is 21.6 Å². The van der Waals surface area contributed by atoms with Gasteiger partial charge < -0.3 is 6.15 Å². The molecule has 0 saturated heterocycles. The second-order valence-electron chi connectivity index (χ2n) is 1.22. The van der Waals surface area contributed by atoms with Gasteiger partial charge in [0.2, 0.25) is 0 Å². The van der Waals surface area contributed by atoms with Crippen LogP contribution >= 0.6 is 0 Å². The minimum atomic E-state index is -3.68. The normalized spacial score (nSPS) is 10.6. The van der Waals surface area contributed by atoms with E-state index in [0.717, 1.165) is 0 Å². The standard InChI is InChI=1S/C4H10O4S.H3N/c1-3-7-9(5,6)8-4-2;/h3-4H2,1-2H3;1H3/p+1. The van der Waals surface area contributed by atoms with Gasteiger partial charge in [0, 0.05) is 0 Å². The highest BCUT2D eigenvalue weighted by molar-refractivity contribution is 7.81. The Kier molecular flexibility index (Phi) is 7.00. The van der Waals surface area contributed by atoms with Gasteiger partial charge in [-0.3, -0.25) is 0 Å².